The minimum absolute atomic E-state index is 0.0955. The Bertz CT molecular complexity index is 895. The third-order valence-corrected chi connectivity index (χ3v) is 4.70. The van der Waals surface area contributed by atoms with Gasteiger partial charge in [0.05, 0.1) is 17.8 Å². The van der Waals surface area contributed by atoms with Crippen LogP contribution < -0.4 is 4.90 Å². The molecule has 2 aromatic rings. The zero-order valence-corrected chi connectivity index (χ0v) is 15.4. The van der Waals surface area contributed by atoms with E-state index >= 15 is 0 Å². The minimum Gasteiger partial charge on any atom is -0.480 e. The lowest BCUT2D eigenvalue weighted by Gasteiger charge is -2.26. The van der Waals surface area contributed by atoms with Crippen molar-refractivity contribution in [2.45, 2.75) is 19.9 Å². The Kier molecular flexibility index (Phi) is 4.70. The van der Waals surface area contributed by atoms with E-state index in [9.17, 15) is 14.7 Å². The third kappa shape index (κ3) is 3.15. The number of carbonyl (C=O) groups excluding carboxylic acids is 1. The summed E-state index contributed by atoms with van der Waals surface area (Å²) < 4.78 is 0. The molecule has 0 radical (unpaired) electrons. The van der Waals surface area contributed by atoms with Gasteiger partial charge in [-0.05, 0) is 51.7 Å². The number of hydrogen-bond donors (Lipinski definition) is 2. The maximum atomic E-state index is 13.1. The molecule has 0 bridgehead atoms. The Morgan fingerprint density at radius 1 is 1.31 bits per heavy atom. The van der Waals surface area contributed by atoms with Crippen LogP contribution in [0, 0.1) is 13.8 Å². The molecule has 2 heterocycles. The molecule has 6 nitrogen and oxygen atoms in total. The lowest BCUT2D eigenvalue weighted by molar-refractivity contribution is -0.141. The number of aromatic nitrogens is 1. The van der Waals surface area contributed by atoms with Crippen LogP contribution in [0.1, 0.15) is 22.5 Å². The van der Waals surface area contributed by atoms with Crippen LogP contribution in [-0.4, -0.2) is 53.5 Å². The molecule has 0 saturated carbocycles. The van der Waals surface area contributed by atoms with Crippen LogP contribution in [0.25, 0.3) is 11.6 Å². The number of H-pyrrole nitrogens is 1. The Balaban J connectivity index is 2.04. The highest BCUT2D eigenvalue weighted by Crippen LogP contribution is 2.38. The molecular weight excluding hydrogens is 330 g/mol. The van der Waals surface area contributed by atoms with Crippen molar-refractivity contribution < 1.29 is 14.7 Å². The minimum atomic E-state index is -0.950. The van der Waals surface area contributed by atoms with Gasteiger partial charge in [0.25, 0.3) is 5.91 Å². The molecule has 1 aliphatic rings. The average Bonchev–Trinajstić information content (AvgIpc) is 3.02. The number of para-hydroxylation sites is 1. The van der Waals surface area contributed by atoms with Crippen molar-refractivity contribution in [2.75, 3.05) is 25.5 Å². The molecule has 0 fully saturated rings. The summed E-state index contributed by atoms with van der Waals surface area (Å²) >= 11 is 0. The van der Waals surface area contributed by atoms with E-state index in [0.717, 1.165) is 28.2 Å². The number of benzene rings is 1. The van der Waals surface area contributed by atoms with E-state index in [1.54, 1.807) is 23.9 Å². The first-order chi connectivity index (χ1) is 12.3. The summed E-state index contributed by atoms with van der Waals surface area (Å²) in [6, 6.07) is 8.75. The van der Waals surface area contributed by atoms with Gasteiger partial charge in [0.1, 0.15) is 6.04 Å². The molecule has 26 heavy (non-hydrogen) atoms. The third-order valence-electron chi connectivity index (χ3n) is 4.70. The lowest BCUT2D eigenvalue weighted by atomic mass is 10.1. The van der Waals surface area contributed by atoms with E-state index in [2.05, 4.69) is 4.98 Å². The Labute approximate surface area is 152 Å². The normalized spacial score (nSPS) is 16.4. The van der Waals surface area contributed by atoms with E-state index in [4.69, 9.17) is 0 Å². The summed E-state index contributed by atoms with van der Waals surface area (Å²) in [6.45, 7) is 4.06. The lowest BCUT2D eigenvalue weighted by Crippen LogP contribution is -2.46. The van der Waals surface area contributed by atoms with Gasteiger partial charge in [0.2, 0.25) is 0 Å². The van der Waals surface area contributed by atoms with Crippen molar-refractivity contribution in [1.82, 2.24) is 9.88 Å². The fourth-order valence-corrected chi connectivity index (χ4v) is 3.31. The van der Waals surface area contributed by atoms with Crippen molar-refractivity contribution in [3.05, 3.63) is 52.8 Å². The first kappa shape index (κ1) is 17.9. The number of aliphatic carboxylic acids is 1. The maximum absolute atomic E-state index is 13.1. The Morgan fingerprint density at radius 2 is 2.00 bits per heavy atom. The fraction of sp³-hybridized carbons (Fsp3) is 0.300. The molecule has 1 amide bonds. The molecule has 3 rings (SSSR count). The van der Waals surface area contributed by atoms with Crippen LogP contribution in [0.4, 0.5) is 5.69 Å². The molecule has 1 unspecified atom stereocenters. The van der Waals surface area contributed by atoms with E-state index in [1.165, 1.54) is 0 Å². The van der Waals surface area contributed by atoms with Gasteiger partial charge < -0.3 is 15.0 Å². The van der Waals surface area contributed by atoms with Gasteiger partial charge in [0, 0.05) is 17.0 Å². The maximum Gasteiger partial charge on any atom is 0.322 e. The number of hydrogen-bond acceptors (Lipinski definition) is 3. The number of amides is 1. The number of fused-ring (bicyclic) bond motifs is 1. The van der Waals surface area contributed by atoms with Gasteiger partial charge in [-0.1, -0.05) is 18.2 Å². The number of rotatable bonds is 5. The van der Waals surface area contributed by atoms with E-state index in [1.807, 2.05) is 50.3 Å². The highest BCUT2D eigenvalue weighted by Gasteiger charge is 2.35. The number of carbonyl (C=O) groups is 2. The van der Waals surface area contributed by atoms with Crippen molar-refractivity contribution in [3.63, 3.8) is 0 Å². The van der Waals surface area contributed by atoms with Crippen molar-refractivity contribution in [3.8, 4) is 0 Å². The average molecular weight is 353 g/mol. The van der Waals surface area contributed by atoms with Gasteiger partial charge in [-0.25, -0.2) is 0 Å². The van der Waals surface area contributed by atoms with Gasteiger partial charge in [0.15, 0.2) is 0 Å². The Hall–Kier alpha value is -2.86. The zero-order valence-electron chi connectivity index (χ0n) is 15.4. The second-order valence-electron chi connectivity index (χ2n) is 6.86. The molecule has 2 N–H and O–H groups in total. The zero-order chi connectivity index (χ0) is 19.0. The topological polar surface area (TPSA) is 76.6 Å². The highest BCUT2D eigenvalue weighted by molar-refractivity contribution is 6.35. The SMILES string of the molecule is Cc1cc(C)c(C=C2C(=O)N(CC(C(=O)O)N(C)C)c3ccccc32)[nH]1. The van der Waals surface area contributed by atoms with Crippen LogP contribution in [0.15, 0.2) is 30.3 Å². The number of nitrogens with zero attached hydrogens (tertiary/aromatic N) is 2. The van der Waals surface area contributed by atoms with Crippen LogP contribution in [0.2, 0.25) is 0 Å². The number of anilines is 1. The van der Waals surface area contributed by atoms with E-state index in [-0.39, 0.29) is 12.5 Å². The molecule has 1 aliphatic heterocycles. The number of likely N-dealkylation sites (N-methyl/N-ethyl adjacent to an activating group) is 1. The van der Waals surface area contributed by atoms with Crippen LogP contribution in [0.5, 0.6) is 0 Å². The molecule has 136 valence electrons. The second kappa shape index (κ2) is 6.80. The molecule has 6 heteroatoms. The first-order valence-electron chi connectivity index (χ1n) is 8.48. The number of carboxylic acids is 1. The second-order valence-corrected chi connectivity index (χ2v) is 6.86. The molecular formula is C20H23N3O3. The number of carboxylic acid groups (broad SMARTS) is 1. The summed E-state index contributed by atoms with van der Waals surface area (Å²) in [7, 11) is 3.40. The van der Waals surface area contributed by atoms with E-state index < -0.39 is 12.0 Å². The summed E-state index contributed by atoms with van der Waals surface area (Å²) in [6.07, 6.45) is 1.86. The molecule has 1 aromatic carbocycles. The monoisotopic (exact) mass is 353 g/mol. The van der Waals surface area contributed by atoms with Gasteiger partial charge in [-0.3, -0.25) is 14.5 Å². The van der Waals surface area contributed by atoms with Crippen molar-refractivity contribution in [1.29, 1.82) is 0 Å². The fourth-order valence-electron chi connectivity index (χ4n) is 3.31. The molecule has 0 spiro atoms. The van der Waals surface area contributed by atoms with Gasteiger partial charge in [-0.2, -0.15) is 0 Å². The molecule has 1 aromatic heterocycles. The van der Waals surface area contributed by atoms with Crippen LogP contribution in [0.3, 0.4) is 0 Å². The summed E-state index contributed by atoms with van der Waals surface area (Å²) in [5, 5.41) is 9.48. The van der Waals surface area contributed by atoms with Crippen molar-refractivity contribution in [2.24, 2.45) is 0 Å². The quantitative estimate of drug-likeness (QED) is 0.810. The van der Waals surface area contributed by atoms with Crippen molar-refractivity contribution >= 4 is 29.2 Å². The molecule has 0 saturated heterocycles. The number of nitrogens with one attached hydrogen (secondary N) is 1. The molecule has 0 aliphatic carbocycles. The molecule has 1 atom stereocenters. The summed E-state index contributed by atoms with van der Waals surface area (Å²) in [4.78, 5) is 31.1. The first-order valence-corrected chi connectivity index (χ1v) is 8.48. The highest BCUT2D eigenvalue weighted by atomic mass is 16.4. The number of aryl methyl sites for hydroxylation is 2. The van der Waals surface area contributed by atoms with Crippen LogP contribution in [-0.2, 0) is 9.59 Å². The Morgan fingerprint density at radius 3 is 2.58 bits per heavy atom. The van der Waals surface area contributed by atoms with Crippen LogP contribution >= 0.6 is 0 Å². The van der Waals surface area contributed by atoms with Gasteiger partial charge in [-0.15, -0.1) is 0 Å². The largest absolute Gasteiger partial charge is 0.480 e. The number of aromatic amines is 1. The smallest absolute Gasteiger partial charge is 0.322 e. The summed E-state index contributed by atoms with van der Waals surface area (Å²) in [5.74, 6) is -1.13. The summed E-state index contributed by atoms with van der Waals surface area (Å²) in [5.41, 5.74) is 5.14. The standard InChI is InChI=1S/C20H23N3O3/c1-12-9-13(2)21-16(12)10-15-14-7-5-6-8-17(14)23(19(15)24)11-18(20(25)26)22(3)4/h5-10,18,21H,11H2,1-4H3,(H,25,26). The predicted molar refractivity (Wildman–Crippen MR) is 102 cm³/mol. The van der Waals surface area contributed by atoms with Gasteiger partial charge >= 0.3 is 5.97 Å². The van der Waals surface area contributed by atoms with E-state index in [0.29, 0.717) is 5.57 Å². The predicted octanol–water partition coefficient (Wildman–Crippen LogP) is 2.53.